The van der Waals surface area contributed by atoms with Crippen molar-refractivity contribution in [2.75, 3.05) is 0 Å². The van der Waals surface area contributed by atoms with E-state index in [9.17, 15) is 8.42 Å². The molecule has 0 saturated carbocycles. The van der Waals surface area contributed by atoms with Gasteiger partial charge in [0.2, 0.25) is 0 Å². The van der Waals surface area contributed by atoms with E-state index in [1.807, 2.05) is 19.9 Å². The van der Waals surface area contributed by atoms with Gasteiger partial charge in [-0.15, -0.1) is 0 Å². The summed E-state index contributed by atoms with van der Waals surface area (Å²) in [7, 11) is -3.73. The van der Waals surface area contributed by atoms with Gasteiger partial charge in [-0.05, 0) is 56.7 Å². The molecule has 4 aromatic rings. The molecule has 0 saturated heterocycles. The molecule has 0 aliphatic heterocycles. The highest BCUT2D eigenvalue weighted by Crippen LogP contribution is 2.37. The Morgan fingerprint density at radius 1 is 1.06 bits per heavy atom. The van der Waals surface area contributed by atoms with Crippen LogP contribution in [0.5, 0.6) is 11.5 Å². The number of rotatable bonds is 8. The number of halogens is 2. The SMILES string of the molecule is CC[C@@H](N=C(C)c1ccn(S(=O)(=O)c2ccc(C)cc2)c1)c1ccc(Cl)c(Oc2ccccc2)c1F. The molecule has 1 aromatic heterocycles. The lowest BCUT2D eigenvalue weighted by Crippen LogP contribution is -2.11. The second-order valence-corrected chi connectivity index (χ2v) is 10.6. The molecule has 1 atom stereocenters. The number of hydrogen-bond donors (Lipinski definition) is 0. The maximum Gasteiger partial charge on any atom is 0.267 e. The quantitative estimate of drug-likeness (QED) is 0.223. The first-order valence-corrected chi connectivity index (χ1v) is 13.3. The van der Waals surface area contributed by atoms with Gasteiger partial charge in [0.05, 0.1) is 16.0 Å². The fourth-order valence-corrected chi connectivity index (χ4v) is 5.15. The maximum absolute atomic E-state index is 15.5. The molecule has 0 fully saturated rings. The van der Waals surface area contributed by atoms with E-state index in [1.54, 1.807) is 73.7 Å². The van der Waals surface area contributed by atoms with E-state index in [1.165, 1.54) is 16.4 Å². The number of para-hydroxylation sites is 1. The summed E-state index contributed by atoms with van der Waals surface area (Å²) in [6.07, 6.45) is 3.52. The molecule has 36 heavy (non-hydrogen) atoms. The number of hydrogen-bond acceptors (Lipinski definition) is 4. The Labute approximate surface area is 215 Å². The van der Waals surface area contributed by atoms with Crippen molar-refractivity contribution in [2.24, 2.45) is 4.99 Å². The van der Waals surface area contributed by atoms with Crippen molar-refractivity contribution in [3.05, 3.63) is 113 Å². The molecule has 0 radical (unpaired) electrons. The van der Waals surface area contributed by atoms with Crippen LogP contribution in [0.25, 0.3) is 0 Å². The lowest BCUT2D eigenvalue weighted by atomic mass is 10.0. The van der Waals surface area contributed by atoms with Crippen LogP contribution in [-0.4, -0.2) is 18.1 Å². The summed E-state index contributed by atoms with van der Waals surface area (Å²) in [6.45, 7) is 5.57. The summed E-state index contributed by atoms with van der Waals surface area (Å²) in [5.74, 6) is -0.157. The third kappa shape index (κ3) is 5.37. The smallest absolute Gasteiger partial charge is 0.267 e. The maximum atomic E-state index is 15.5. The predicted octanol–water partition coefficient (Wildman–Crippen LogP) is 7.58. The van der Waals surface area contributed by atoms with Crippen LogP contribution in [0.3, 0.4) is 0 Å². The molecule has 0 N–H and O–H groups in total. The zero-order valence-electron chi connectivity index (χ0n) is 20.2. The first-order valence-electron chi connectivity index (χ1n) is 11.5. The monoisotopic (exact) mass is 524 g/mol. The standard InChI is InChI=1S/C28H26ClFN2O3S/c1-4-26(24-14-15-25(29)28(27(24)30)35-22-8-6-5-7-9-22)31-20(3)21-16-17-32(18-21)36(33,34)23-12-10-19(2)11-13-23/h5-18,26H,4H2,1-3H3/t26-/m1/s1. The molecule has 4 rings (SSSR count). The Hall–Kier alpha value is -3.42. The third-order valence-corrected chi connectivity index (χ3v) is 7.77. The molecular formula is C28H26ClFN2O3S. The predicted molar refractivity (Wildman–Crippen MR) is 141 cm³/mol. The van der Waals surface area contributed by atoms with Crippen molar-refractivity contribution >= 4 is 27.3 Å². The van der Waals surface area contributed by atoms with E-state index < -0.39 is 21.9 Å². The van der Waals surface area contributed by atoms with Crippen molar-refractivity contribution in [1.82, 2.24) is 3.97 Å². The van der Waals surface area contributed by atoms with E-state index in [0.29, 0.717) is 29.0 Å². The lowest BCUT2D eigenvalue weighted by Gasteiger charge is -2.16. The van der Waals surface area contributed by atoms with Crippen molar-refractivity contribution in [3.8, 4) is 11.5 Å². The molecule has 1 heterocycles. The van der Waals surface area contributed by atoms with Crippen LogP contribution < -0.4 is 4.74 Å². The zero-order chi connectivity index (χ0) is 25.9. The average Bonchev–Trinajstić information content (AvgIpc) is 3.38. The number of nitrogens with zero attached hydrogens (tertiary/aromatic N) is 2. The van der Waals surface area contributed by atoms with Gasteiger partial charge in [0, 0.05) is 29.2 Å². The average molecular weight is 525 g/mol. The molecule has 186 valence electrons. The van der Waals surface area contributed by atoms with Gasteiger partial charge in [0.1, 0.15) is 5.75 Å². The summed E-state index contributed by atoms with van der Waals surface area (Å²) < 4.78 is 48.4. The molecule has 5 nitrogen and oxygen atoms in total. The van der Waals surface area contributed by atoms with E-state index in [-0.39, 0.29) is 15.7 Å². The molecular weight excluding hydrogens is 499 g/mol. The molecule has 3 aromatic carbocycles. The lowest BCUT2D eigenvalue weighted by molar-refractivity contribution is 0.434. The van der Waals surface area contributed by atoms with Crippen LogP contribution in [-0.2, 0) is 10.0 Å². The number of aromatic nitrogens is 1. The van der Waals surface area contributed by atoms with Crippen LogP contribution in [0, 0.1) is 12.7 Å². The van der Waals surface area contributed by atoms with Crippen LogP contribution in [0.4, 0.5) is 4.39 Å². The van der Waals surface area contributed by atoms with Crippen LogP contribution in [0.2, 0.25) is 5.02 Å². The molecule has 0 aliphatic carbocycles. The Morgan fingerprint density at radius 3 is 2.42 bits per heavy atom. The Bertz CT molecular complexity index is 1500. The van der Waals surface area contributed by atoms with Crippen LogP contribution in [0.1, 0.15) is 43.0 Å². The largest absolute Gasteiger partial charge is 0.453 e. The van der Waals surface area contributed by atoms with Gasteiger partial charge < -0.3 is 4.74 Å². The summed E-state index contributed by atoms with van der Waals surface area (Å²) in [6, 6.07) is 19.9. The topological polar surface area (TPSA) is 60.7 Å². The number of aryl methyl sites for hydroxylation is 1. The zero-order valence-corrected chi connectivity index (χ0v) is 21.7. The first-order chi connectivity index (χ1) is 17.2. The van der Waals surface area contributed by atoms with Gasteiger partial charge in [0.15, 0.2) is 11.6 Å². The highest BCUT2D eigenvalue weighted by Gasteiger charge is 2.22. The van der Waals surface area contributed by atoms with Crippen molar-refractivity contribution < 1.29 is 17.5 Å². The summed E-state index contributed by atoms with van der Waals surface area (Å²) in [5, 5.41) is 0.161. The van der Waals surface area contributed by atoms with Gasteiger partial charge in [-0.1, -0.05) is 60.5 Å². The third-order valence-electron chi connectivity index (χ3n) is 5.82. The van der Waals surface area contributed by atoms with E-state index in [4.69, 9.17) is 21.3 Å². The van der Waals surface area contributed by atoms with Gasteiger partial charge in [-0.25, -0.2) is 16.8 Å². The number of ether oxygens (including phenoxy) is 1. The summed E-state index contributed by atoms with van der Waals surface area (Å²) >= 11 is 6.25. The normalized spacial score (nSPS) is 13.0. The van der Waals surface area contributed by atoms with Crippen LogP contribution >= 0.6 is 11.6 Å². The fourth-order valence-electron chi connectivity index (χ4n) is 3.77. The minimum Gasteiger partial charge on any atom is -0.453 e. The van der Waals surface area contributed by atoms with Crippen LogP contribution in [0.15, 0.2) is 95.1 Å². The van der Waals surface area contributed by atoms with E-state index in [0.717, 1.165) is 5.56 Å². The summed E-state index contributed by atoms with van der Waals surface area (Å²) in [4.78, 5) is 4.92. The van der Waals surface area contributed by atoms with Crippen molar-refractivity contribution in [3.63, 3.8) is 0 Å². The number of benzene rings is 3. The fraction of sp³-hybridized carbons (Fsp3) is 0.179. The van der Waals surface area contributed by atoms with Crippen molar-refractivity contribution in [2.45, 2.75) is 38.1 Å². The van der Waals surface area contributed by atoms with Gasteiger partial charge >= 0.3 is 0 Å². The highest BCUT2D eigenvalue weighted by molar-refractivity contribution is 7.90. The Morgan fingerprint density at radius 2 is 1.75 bits per heavy atom. The second-order valence-electron chi connectivity index (χ2n) is 8.38. The van der Waals surface area contributed by atoms with E-state index in [2.05, 4.69) is 0 Å². The molecule has 0 amide bonds. The van der Waals surface area contributed by atoms with Crippen molar-refractivity contribution in [1.29, 1.82) is 0 Å². The Kier molecular flexibility index (Phi) is 7.62. The summed E-state index contributed by atoms with van der Waals surface area (Å²) in [5.41, 5.74) is 2.53. The molecule has 0 aliphatic rings. The minimum atomic E-state index is -3.73. The molecule has 0 unspecified atom stereocenters. The van der Waals surface area contributed by atoms with Gasteiger partial charge in [-0.2, -0.15) is 0 Å². The molecule has 0 spiro atoms. The minimum absolute atomic E-state index is 0.0537. The molecule has 8 heteroatoms. The van der Waals surface area contributed by atoms with Gasteiger partial charge in [-0.3, -0.25) is 4.99 Å². The van der Waals surface area contributed by atoms with E-state index >= 15 is 4.39 Å². The Balaban J connectivity index is 1.63. The highest BCUT2D eigenvalue weighted by atomic mass is 35.5. The number of aliphatic imine (C=N–C) groups is 1. The first kappa shape index (κ1) is 25.7. The van der Waals surface area contributed by atoms with Gasteiger partial charge in [0.25, 0.3) is 10.0 Å². The second kappa shape index (κ2) is 10.7. The molecule has 0 bridgehead atoms.